The summed E-state index contributed by atoms with van der Waals surface area (Å²) in [6.45, 7) is 3.86. The van der Waals surface area contributed by atoms with E-state index in [2.05, 4.69) is 19.1 Å². The van der Waals surface area contributed by atoms with Crippen molar-refractivity contribution in [1.29, 1.82) is 0 Å². The molecule has 0 fully saturated rings. The van der Waals surface area contributed by atoms with Crippen LogP contribution in [-0.2, 0) is 4.79 Å². The van der Waals surface area contributed by atoms with Gasteiger partial charge < -0.3 is 4.79 Å². The van der Waals surface area contributed by atoms with Crippen molar-refractivity contribution in [1.82, 2.24) is 0 Å². The minimum Gasteiger partial charge on any atom is -0.300 e. The number of rotatable bonds is 11. The topological polar surface area (TPSA) is 17.1 Å². The molecule has 0 aromatic heterocycles. The van der Waals surface area contributed by atoms with Crippen molar-refractivity contribution in [3.63, 3.8) is 0 Å². The van der Waals surface area contributed by atoms with Gasteiger partial charge in [0.1, 0.15) is 5.78 Å². The molecule has 0 radical (unpaired) electrons. The largest absolute Gasteiger partial charge is 0.300 e. The van der Waals surface area contributed by atoms with Gasteiger partial charge >= 0.3 is 0 Å². The quantitative estimate of drug-likeness (QED) is 0.354. The normalized spacial score (nSPS) is 11.1. The van der Waals surface area contributed by atoms with Crippen molar-refractivity contribution in [2.45, 2.75) is 78.1 Å². The van der Waals surface area contributed by atoms with Crippen LogP contribution in [0.4, 0.5) is 0 Å². The highest BCUT2D eigenvalue weighted by molar-refractivity contribution is 5.75. The fourth-order valence-electron chi connectivity index (χ4n) is 1.80. The van der Waals surface area contributed by atoms with Crippen LogP contribution in [0.3, 0.4) is 0 Å². The zero-order chi connectivity index (χ0) is 12.1. The summed E-state index contributed by atoms with van der Waals surface area (Å²) in [4.78, 5) is 10.7. The second-order valence-corrected chi connectivity index (χ2v) is 4.60. The predicted molar refractivity (Wildman–Crippen MR) is 71.7 cm³/mol. The van der Waals surface area contributed by atoms with E-state index in [4.69, 9.17) is 0 Å². The summed E-state index contributed by atoms with van der Waals surface area (Å²) in [6.07, 6.45) is 16.8. The number of hydrogen-bond acceptors (Lipinski definition) is 1. The second-order valence-electron chi connectivity index (χ2n) is 4.60. The first-order chi connectivity index (χ1) is 7.77. The number of carbonyl (C=O) groups is 1. The monoisotopic (exact) mass is 224 g/mol. The molecule has 0 rings (SSSR count). The number of unbranched alkanes of at least 4 members (excludes halogenated alkanes) is 7. The molecule has 0 aliphatic carbocycles. The van der Waals surface area contributed by atoms with Crippen LogP contribution in [0.5, 0.6) is 0 Å². The Hall–Kier alpha value is -0.590. The first kappa shape index (κ1) is 15.4. The Bertz CT molecular complexity index is 182. The minimum atomic E-state index is 0.336. The van der Waals surface area contributed by atoms with Crippen molar-refractivity contribution in [3.8, 4) is 0 Å². The third-order valence-corrected chi connectivity index (χ3v) is 2.80. The van der Waals surface area contributed by atoms with Gasteiger partial charge in [0.05, 0.1) is 0 Å². The molecule has 1 heteroatoms. The van der Waals surface area contributed by atoms with Gasteiger partial charge in [-0.25, -0.2) is 0 Å². The fraction of sp³-hybridized carbons (Fsp3) is 0.800. The molecule has 0 unspecified atom stereocenters. The van der Waals surface area contributed by atoms with Crippen LogP contribution in [0.15, 0.2) is 12.2 Å². The Morgan fingerprint density at radius 1 is 0.875 bits per heavy atom. The third-order valence-electron chi connectivity index (χ3n) is 2.80. The number of ketones is 1. The number of allylic oxidation sites excluding steroid dienone is 2. The molecule has 0 spiro atoms. The highest BCUT2D eigenvalue weighted by atomic mass is 16.1. The highest BCUT2D eigenvalue weighted by Crippen LogP contribution is 2.10. The zero-order valence-corrected chi connectivity index (χ0v) is 11.1. The lowest BCUT2D eigenvalue weighted by molar-refractivity contribution is -0.117. The molecule has 0 aliphatic rings. The molecule has 16 heavy (non-hydrogen) atoms. The van der Waals surface area contributed by atoms with Crippen LogP contribution in [0.2, 0.25) is 0 Å². The molecule has 0 aromatic rings. The van der Waals surface area contributed by atoms with E-state index in [-0.39, 0.29) is 0 Å². The first-order valence-electron chi connectivity index (χ1n) is 6.91. The van der Waals surface area contributed by atoms with Gasteiger partial charge in [-0.3, -0.25) is 0 Å². The van der Waals surface area contributed by atoms with E-state index in [9.17, 15) is 4.79 Å². The van der Waals surface area contributed by atoms with Crippen molar-refractivity contribution < 1.29 is 4.79 Å². The van der Waals surface area contributed by atoms with E-state index in [1.807, 2.05) is 0 Å². The van der Waals surface area contributed by atoms with Crippen LogP contribution < -0.4 is 0 Å². The average molecular weight is 224 g/mol. The molecule has 0 saturated carbocycles. The summed E-state index contributed by atoms with van der Waals surface area (Å²) in [7, 11) is 0. The molecule has 0 amide bonds. The maximum absolute atomic E-state index is 10.7. The molecule has 0 aromatic carbocycles. The first-order valence-corrected chi connectivity index (χ1v) is 6.91. The Morgan fingerprint density at radius 3 is 2.00 bits per heavy atom. The molecule has 0 heterocycles. The van der Waals surface area contributed by atoms with Crippen LogP contribution in [0.25, 0.3) is 0 Å². The fourth-order valence-corrected chi connectivity index (χ4v) is 1.80. The smallest absolute Gasteiger partial charge is 0.129 e. The number of hydrogen-bond donors (Lipinski definition) is 0. The van der Waals surface area contributed by atoms with Gasteiger partial charge in [0, 0.05) is 6.42 Å². The Labute approximate surface area is 101 Å². The molecule has 0 aliphatic heterocycles. The molecular formula is C15H28O. The summed E-state index contributed by atoms with van der Waals surface area (Å²) in [5.74, 6) is 0.336. The van der Waals surface area contributed by atoms with Crippen LogP contribution >= 0.6 is 0 Å². The molecule has 94 valence electrons. The average Bonchev–Trinajstić information content (AvgIpc) is 2.25. The summed E-state index contributed by atoms with van der Waals surface area (Å²) in [5, 5.41) is 0. The van der Waals surface area contributed by atoms with Gasteiger partial charge in [-0.05, 0) is 32.6 Å². The number of carbonyl (C=O) groups excluding carboxylic acids is 1. The van der Waals surface area contributed by atoms with Crippen molar-refractivity contribution in [3.05, 3.63) is 12.2 Å². The van der Waals surface area contributed by atoms with Gasteiger partial charge in [-0.1, -0.05) is 51.2 Å². The van der Waals surface area contributed by atoms with E-state index in [1.54, 1.807) is 6.92 Å². The summed E-state index contributed by atoms with van der Waals surface area (Å²) >= 11 is 0. The standard InChI is InChI=1S/C15H28O/c1-3-4-5-6-7-8-9-10-11-12-13-14-15(2)16/h4-5H,3,6-14H2,1-2H3. The van der Waals surface area contributed by atoms with Gasteiger partial charge in [-0.15, -0.1) is 0 Å². The molecule has 0 N–H and O–H groups in total. The Balaban J connectivity index is 2.98. The van der Waals surface area contributed by atoms with Gasteiger partial charge in [-0.2, -0.15) is 0 Å². The molecule has 1 nitrogen and oxygen atoms in total. The van der Waals surface area contributed by atoms with E-state index in [0.717, 1.165) is 19.3 Å². The van der Waals surface area contributed by atoms with E-state index in [0.29, 0.717) is 5.78 Å². The van der Waals surface area contributed by atoms with Crippen molar-refractivity contribution in [2.75, 3.05) is 0 Å². The van der Waals surface area contributed by atoms with Crippen LogP contribution in [0.1, 0.15) is 78.1 Å². The van der Waals surface area contributed by atoms with Crippen LogP contribution in [0, 0.1) is 0 Å². The molecule has 0 atom stereocenters. The molecular weight excluding hydrogens is 196 g/mol. The lowest BCUT2D eigenvalue weighted by atomic mass is 10.1. The molecule has 0 bridgehead atoms. The second kappa shape index (κ2) is 12.5. The predicted octanol–water partition coefficient (Wildman–Crippen LogP) is 5.05. The Morgan fingerprint density at radius 2 is 1.44 bits per heavy atom. The van der Waals surface area contributed by atoms with Gasteiger partial charge in [0.15, 0.2) is 0 Å². The van der Waals surface area contributed by atoms with Crippen molar-refractivity contribution in [2.24, 2.45) is 0 Å². The third kappa shape index (κ3) is 13.4. The van der Waals surface area contributed by atoms with E-state index in [1.165, 1.54) is 44.9 Å². The summed E-state index contributed by atoms with van der Waals surface area (Å²) in [5.41, 5.74) is 0. The maximum Gasteiger partial charge on any atom is 0.129 e. The maximum atomic E-state index is 10.7. The highest BCUT2D eigenvalue weighted by Gasteiger charge is 1.94. The van der Waals surface area contributed by atoms with E-state index < -0.39 is 0 Å². The lowest BCUT2D eigenvalue weighted by Crippen LogP contribution is -1.89. The van der Waals surface area contributed by atoms with Crippen molar-refractivity contribution >= 4 is 5.78 Å². The zero-order valence-electron chi connectivity index (χ0n) is 11.1. The molecule has 0 saturated heterocycles. The SMILES string of the molecule is CCC=CCCCCCCCCCC(C)=O. The van der Waals surface area contributed by atoms with Crippen LogP contribution in [-0.4, -0.2) is 5.78 Å². The van der Waals surface area contributed by atoms with Gasteiger partial charge in [0.25, 0.3) is 0 Å². The number of Topliss-reactive ketones (excluding diaryl/α,β-unsaturated/α-hetero) is 1. The Kier molecular flexibility index (Phi) is 12.0. The van der Waals surface area contributed by atoms with E-state index >= 15 is 0 Å². The summed E-state index contributed by atoms with van der Waals surface area (Å²) in [6, 6.07) is 0. The summed E-state index contributed by atoms with van der Waals surface area (Å²) < 4.78 is 0. The minimum absolute atomic E-state index is 0.336. The van der Waals surface area contributed by atoms with Gasteiger partial charge in [0.2, 0.25) is 0 Å². The lowest BCUT2D eigenvalue weighted by Gasteiger charge is -2.00.